The Morgan fingerprint density at radius 1 is 0.857 bits per heavy atom. The lowest BCUT2D eigenvalue weighted by atomic mass is 10.1. The zero-order valence-electron chi connectivity index (χ0n) is 12.3. The largest absolute Gasteiger partial charge is 0.320 e. The minimum atomic E-state index is 0.141. The first-order valence-corrected chi connectivity index (χ1v) is 7.36. The lowest BCUT2D eigenvalue weighted by molar-refractivity contribution is 0.189. The smallest absolute Gasteiger partial charge is 0.319 e. The maximum Gasteiger partial charge on any atom is 0.320 e. The highest BCUT2D eigenvalue weighted by atomic mass is 16.2. The molecule has 1 aliphatic rings. The SMILES string of the molecule is Cc1ccccc1CN1CCN(Cc2ccccc2)C1=O. The molecule has 1 fully saturated rings. The van der Waals surface area contributed by atoms with Crippen molar-refractivity contribution in [2.75, 3.05) is 13.1 Å². The molecule has 1 heterocycles. The maximum atomic E-state index is 12.5. The molecule has 2 aromatic carbocycles. The van der Waals surface area contributed by atoms with E-state index >= 15 is 0 Å². The van der Waals surface area contributed by atoms with Gasteiger partial charge >= 0.3 is 6.03 Å². The fourth-order valence-electron chi connectivity index (χ4n) is 2.72. The quantitative estimate of drug-likeness (QED) is 0.841. The third kappa shape index (κ3) is 3.07. The third-order valence-electron chi connectivity index (χ3n) is 4.02. The van der Waals surface area contributed by atoms with Crippen molar-refractivity contribution in [3.05, 3.63) is 71.3 Å². The summed E-state index contributed by atoms with van der Waals surface area (Å²) in [7, 11) is 0. The number of nitrogens with zero attached hydrogens (tertiary/aromatic N) is 2. The number of aryl methyl sites for hydroxylation is 1. The molecule has 0 aliphatic carbocycles. The first-order valence-electron chi connectivity index (χ1n) is 7.36. The maximum absolute atomic E-state index is 12.5. The molecule has 0 saturated carbocycles. The molecular weight excluding hydrogens is 260 g/mol. The number of amides is 2. The van der Waals surface area contributed by atoms with Gasteiger partial charge < -0.3 is 9.80 Å². The van der Waals surface area contributed by atoms with E-state index in [9.17, 15) is 4.79 Å². The highest BCUT2D eigenvalue weighted by molar-refractivity contribution is 5.76. The van der Waals surface area contributed by atoms with Crippen LogP contribution in [-0.4, -0.2) is 28.9 Å². The van der Waals surface area contributed by atoms with Crippen molar-refractivity contribution in [3.8, 4) is 0 Å². The summed E-state index contributed by atoms with van der Waals surface area (Å²) in [6.45, 7) is 5.11. The summed E-state index contributed by atoms with van der Waals surface area (Å²) >= 11 is 0. The van der Waals surface area contributed by atoms with Crippen molar-refractivity contribution in [1.82, 2.24) is 9.80 Å². The normalized spacial score (nSPS) is 14.8. The van der Waals surface area contributed by atoms with Gasteiger partial charge in [0.2, 0.25) is 0 Å². The Balaban J connectivity index is 1.65. The Morgan fingerprint density at radius 2 is 1.48 bits per heavy atom. The summed E-state index contributed by atoms with van der Waals surface area (Å²) in [4.78, 5) is 16.3. The Kier molecular flexibility index (Phi) is 3.91. The van der Waals surface area contributed by atoms with E-state index < -0.39 is 0 Å². The van der Waals surface area contributed by atoms with E-state index in [0.717, 1.165) is 13.1 Å². The highest BCUT2D eigenvalue weighted by Gasteiger charge is 2.28. The number of urea groups is 1. The molecule has 0 atom stereocenters. The van der Waals surface area contributed by atoms with Gasteiger partial charge in [-0.1, -0.05) is 54.6 Å². The molecule has 0 radical (unpaired) electrons. The average molecular weight is 280 g/mol. The molecule has 0 unspecified atom stereocenters. The van der Waals surface area contributed by atoms with E-state index in [4.69, 9.17) is 0 Å². The van der Waals surface area contributed by atoms with Crippen LogP contribution in [0, 0.1) is 6.92 Å². The molecule has 0 N–H and O–H groups in total. The van der Waals surface area contributed by atoms with Gasteiger partial charge in [0, 0.05) is 26.2 Å². The van der Waals surface area contributed by atoms with Gasteiger partial charge in [0.15, 0.2) is 0 Å². The molecule has 0 bridgehead atoms. The molecule has 0 spiro atoms. The van der Waals surface area contributed by atoms with Crippen LogP contribution in [0.25, 0.3) is 0 Å². The summed E-state index contributed by atoms with van der Waals surface area (Å²) in [6, 6.07) is 18.6. The molecular formula is C18H20N2O. The van der Waals surface area contributed by atoms with Crippen molar-refractivity contribution in [2.45, 2.75) is 20.0 Å². The Morgan fingerprint density at radius 3 is 2.19 bits per heavy atom. The fraction of sp³-hybridized carbons (Fsp3) is 0.278. The summed E-state index contributed by atoms with van der Waals surface area (Å²) in [5.74, 6) is 0. The zero-order chi connectivity index (χ0) is 14.7. The molecule has 3 nitrogen and oxygen atoms in total. The molecule has 1 aliphatic heterocycles. The van der Waals surface area contributed by atoms with Crippen molar-refractivity contribution in [3.63, 3.8) is 0 Å². The zero-order valence-corrected chi connectivity index (χ0v) is 12.3. The topological polar surface area (TPSA) is 23.6 Å². The van der Waals surface area contributed by atoms with E-state index in [1.54, 1.807) is 0 Å². The van der Waals surface area contributed by atoms with Gasteiger partial charge in [0.25, 0.3) is 0 Å². The molecule has 1 saturated heterocycles. The van der Waals surface area contributed by atoms with Crippen LogP contribution in [-0.2, 0) is 13.1 Å². The Bertz CT molecular complexity index is 624. The molecule has 3 heteroatoms. The summed E-state index contributed by atoms with van der Waals surface area (Å²) in [5, 5.41) is 0. The van der Waals surface area contributed by atoms with Crippen molar-refractivity contribution in [1.29, 1.82) is 0 Å². The fourth-order valence-corrected chi connectivity index (χ4v) is 2.72. The number of hydrogen-bond donors (Lipinski definition) is 0. The average Bonchev–Trinajstić information content (AvgIpc) is 2.84. The number of carbonyl (C=O) groups is 1. The Labute approximate surface area is 125 Å². The van der Waals surface area contributed by atoms with Crippen LogP contribution in [0.4, 0.5) is 4.79 Å². The van der Waals surface area contributed by atoms with Gasteiger partial charge in [0.1, 0.15) is 0 Å². The van der Waals surface area contributed by atoms with Crippen LogP contribution in [0.5, 0.6) is 0 Å². The van der Waals surface area contributed by atoms with Crippen molar-refractivity contribution < 1.29 is 4.79 Å². The minimum Gasteiger partial charge on any atom is -0.319 e. The second-order valence-corrected chi connectivity index (χ2v) is 5.54. The number of hydrogen-bond acceptors (Lipinski definition) is 1. The van der Waals surface area contributed by atoms with Gasteiger partial charge in [-0.2, -0.15) is 0 Å². The van der Waals surface area contributed by atoms with Gasteiger partial charge in [-0.25, -0.2) is 4.79 Å². The van der Waals surface area contributed by atoms with Gasteiger partial charge in [-0.15, -0.1) is 0 Å². The van der Waals surface area contributed by atoms with E-state index in [-0.39, 0.29) is 6.03 Å². The van der Waals surface area contributed by atoms with Crippen LogP contribution in [0.1, 0.15) is 16.7 Å². The number of benzene rings is 2. The monoisotopic (exact) mass is 280 g/mol. The van der Waals surface area contributed by atoms with Crippen molar-refractivity contribution in [2.24, 2.45) is 0 Å². The van der Waals surface area contributed by atoms with E-state index in [2.05, 4.69) is 31.2 Å². The van der Waals surface area contributed by atoms with Gasteiger partial charge in [-0.3, -0.25) is 0 Å². The first kappa shape index (κ1) is 13.7. The predicted molar refractivity (Wildman–Crippen MR) is 83.8 cm³/mol. The molecule has 21 heavy (non-hydrogen) atoms. The van der Waals surface area contributed by atoms with Gasteiger partial charge in [0.05, 0.1) is 0 Å². The lowest BCUT2D eigenvalue weighted by Gasteiger charge is -2.19. The van der Waals surface area contributed by atoms with Gasteiger partial charge in [-0.05, 0) is 23.6 Å². The first-order chi connectivity index (χ1) is 10.2. The molecule has 0 aromatic heterocycles. The van der Waals surface area contributed by atoms with E-state index in [1.165, 1.54) is 16.7 Å². The molecule has 3 rings (SSSR count). The van der Waals surface area contributed by atoms with Crippen LogP contribution >= 0.6 is 0 Å². The Hall–Kier alpha value is -2.29. The highest BCUT2D eigenvalue weighted by Crippen LogP contribution is 2.17. The summed E-state index contributed by atoms with van der Waals surface area (Å²) < 4.78 is 0. The van der Waals surface area contributed by atoms with Crippen LogP contribution in [0.15, 0.2) is 54.6 Å². The standard InChI is InChI=1S/C18H20N2O/c1-15-7-5-6-10-17(15)14-20-12-11-19(18(20)21)13-16-8-3-2-4-9-16/h2-10H,11-14H2,1H3. The number of carbonyl (C=O) groups excluding carboxylic acids is 1. The van der Waals surface area contributed by atoms with Crippen molar-refractivity contribution >= 4 is 6.03 Å². The summed E-state index contributed by atoms with van der Waals surface area (Å²) in [6.07, 6.45) is 0. The minimum absolute atomic E-state index is 0.141. The van der Waals surface area contributed by atoms with Crippen LogP contribution < -0.4 is 0 Å². The molecule has 2 amide bonds. The second-order valence-electron chi connectivity index (χ2n) is 5.54. The lowest BCUT2D eigenvalue weighted by Crippen LogP contribution is -2.31. The number of rotatable bonds is 4. The van der Waals surface area contributed by atoms with E-state index in [1.807, 2.05) is 40.1 Å². The molecule has 2 aromatic rings. The van der Waals surface area contributed by atoms with E-state index in [0.29, 0.717) is 13.1 Å². The van der Waals surface area contributed by atoms with Crippen LogP contribution in [0.3, 0.4) is 0 Å². The summed E-state index contributed by atoms with van der Waals surface area (Å²) in [5.41, 5.74) is 3.66. The second kappa shape index (κ2) is 6.00. The van der Waals surface area contributed by atoms with Crippen LogP contribution in [0.2, 0.25) is 0 Å². The predicted octanol–water partition coefficient (Wildman–Crippen LogP) is 3.43. The third-order valence-corrected chi connectivity index (χ3v) is 4.02. The molecule has 108 valence electrons.